The molecule has 0 aliphatic heterocycles. The summed E-state index contributed by atoms with van der Waals surface area (Å²) in [6.07, 6.45) is 0. The predicted molar refractivity (Wildman–Crippen MR) is 112 cm³/mol. The summed E-state index contributed by atoms with van der Waals surface area (Å²) in [5.41, 5.74) is 1.58. The van der Waals surface area contributed by atoms with Crippen molar-refractivity contribution in [3.8, 4) is 22.5 Å². The lowest BCUT2D eigenvalue weighted by atomic mass is 10.1. The van der Waals surface area contributed by atoms with E-state index in [1.165, 1.54) is 30.3 Å². The third-order valence-corrected chi connectivity index (χ3v) is 4.79. The summed E-state index contributed by atoms with van der Waals surface area (Å²) in [7, 11) is 0. The number of benzene rings is 2. The zero-order chi connectivity index (χ0) is 21.3. The van der Waals surface area contributed by atoms with Gasteiger partial charge in [-0.15, -0.1) is 11.6 Å². The van der Waals surface area contributed by atoms with Gasteiger partial charge in [0.05, 0.1) is 16.9 Å². The van der Waals surface area contributed by atoms with Gasteiger partial charge in [0.25, 0.3) is 0 Å². The Kier molecular flexibility index (Phi) is 5.57. The lowest BCUT2D eigenvalue weighted by molar-refractivity contribution is -0.114. The number of aromatic nitrogens is 3. The zero-order valence-electron chi connectivity index (χ0n) is 15.2. The highest BCUT2D eigenvalue weighted by Gasteiger charge is 2.16. The minimum absolute atomic E-state index is 0.0770. The number of nitrogens with zero attached hydrogens (tertiary/aromatic N) is 3. The lowest BCUT2D eigenvalue weighted by Gasteiger charge is -2.11. The molecule has 2 heterocycles. The molecule has 0 saturated carbocycles. The first-order chi connectivity index (χ1) is 14.4. The number of carbonyl (C=O) groups excluding carboxylic acids is 1. The standard InChI is InChI=1S/C21H12Cl2F2N4O/c22-10-19(30)29-21-27-17(13-3-1-2-4-15(13)25)9-18(28-21)14-8-11-7-12(24)5-6-16(11)26-20(14)23/h1-9H,10H2,(H,27,28,29,30). The van der Waals surface area contributed by atoms with Gasteiger partial charge in [0.1, 0.15) is 22.7 Å². The highest BCUT2D eigenvalue weighted by atomic mass is 35.5. The van der Waals surface area contributed by atoms with Crippen molar-refractivity contribution >= 4 is 46.0 Å². The van der Waals surface area contributed by atoms with E-state index in [0.29, 0.717) is 16.5 Å². The van der Waals surface area contributed by atoms with E-state index in [9.17, 15) is 13.6 Å². The Morgan fingerprint density at radius 1 is 0.933 bits per heavy atom. The number of hydrogen-bond donors (Lipinski definition) is 1. The Bertz CT molecular complexity index is 1280. The maximum Gasteiger partial charge on any atom is 0.241 e. The maximum atomic E-state index is 14.4. The number of nitrogens with one attached hydrogen (secondary N) is 1. The Labute approximate surface area is 179 Å². The maximum absolute atomic E-state index is 14.4. The van der Waals surface area contributed by atoms with Gasteiger partial charge < -0.3 is 0 Å². The van der Waals surface area contributed by atoms with Crippen molar-refractivity contribution in [3.63, 3.8) is 0 Å². The van der Waals surface area contributed by atoms with Crippen LogP contribution in [0.3, 0.4) is 0 Å². The molecule has 4 aromatic rings. The van der Waals surface area contributed by atoms with Crippen molar-refractivity contribution in [1.29, 1.82) is 0 Å². The molecule has 0 spiro atoms. The van der Waals surface area contributed by atoms with Crippen LogP contribution in [-0.4, -0.2) is 26.7 Å². The van der Waals surface area contributed by atoms with Crippen LogP contribution in [0.25, 0.3) is 33.4 Å². The van der Waals surface area contributed by atoms with Gasteiger partial charge in [-0.25, -0.2) is 23.7 Å². The van der Waals surface area contributed by atoms with E-state index in [-0.39, 0.29) is 33.9 Å². The van der Waals surface area contributed by atoms with Crippen molar-refractivity contribution in [2.24, 2.45) is 0 Å². The molecule has 0 aliphatic carbocycles. The van der Waals surface area contributed by atoms with Gasteiger partial charge in [0.15, 0.2) is 0 Å². The molecule has 0 unspecified atom stereocenters. The third kappa shape index (κ3) is 4.08. The van der Waals surface area contributed by atoms with Gasteiger partial charge in [-0.1, -0.05) is 23.7 Å². The first kappa shape index (κ1) is 20.1. The molecule has 0 bridgehead atoms. The van der Waals surface area contributed by atoms with E-state index >= 15 is 0 Å². The summed E-state index contributed by atoms with van der Waals surface area (Å²) in [5.74, 6) is -1.84. The van der Waals surface area contributed by atoms with Gasteiger partial charge in [-0.2, -0.15) is 0 Å². The van der Waals surface area contributed by atoms with Crippen LogP contribution in [0.4, 0.5) is 14.7 Å². The predicted octanol–water partition coefficient (Wildman–Crippen LogP) is 5.47. The normalized spacial score (nSPS) is 10.9. The van der Waals surface area contributed by atoms with E-state index in [4.69, 9.17) is 23.2 Å². The monoisotopic (exact) mass is 444 g/mol. The van der Waals surface area contributed by atoms with E-state index in [2.05, 4.69) is 20.3 Å². The number of hydrogen-bond acceptors (Lipinski definition) is 4. The molecular formula is C21H12Cl2F2N4O. The Balaban J connectivity index is 1.92. The number of anilines is 1. The van der Waals surface area contributed by atoms with Crippen molar-refractivity contribution in [2.45, 2.75) is 0 Å². The first-order valence-corrected chi connectivity index (χ1v) is 9.62. The number of carbonyl (C=O) groups is 1. The fourth-order valence-corrected chi connectivity index (χ4v) is 3.22. The third-order valence-electron chi connectivity index (χ3n) is 4.25. The molecule has 5 nitrogen and oxygen atoms in total. The molecule has 0 radical (unpaired) electrons. The number of pyridine rings is 1. The quantitative estimate of drug-likeness (QED) is 0.334. The molecule has 150 valence electrons. The molecule has 0 atom stereocenters. The summed E-state index contributed by atoms with van der Waals surface area (Å²) in [6.45, 7) is 0. The van der Waals surface area contributed by atoms with Crippen molar-refractivity contribution in [2.75, 3.05) is 11.2 Å². The second kappa shape index (κ2) is 8.30. The van der Waals surface area contributed by atoms with Crippen LogP contribution < -0.4 is 5.32 Å². The highest BCUT2D eigenvalue weighted by molar-refractivity contribution is 6.32. The van der Waals surface area contributed by atoms with Crippen LogP contribution in [0.15, 0.2) is 54.6 Å². The second-order valence-electron chi connectivity index (χ2n) is 6.29. The van der Waals surface area contributed by atoms with Gasteiger partial charge >= 0.3 is 0 Å². The van der Waals surface area contributed by atoms with E-state index in [0.717, 1.165) is 0 Å². The van der Waals surface area contributed by atoms with E-state index in [1.54, 1.807) is 24.3 Å². The van der Waals surface area contributed by atoms with Crippen LogP contribution in [0, 0.1) is 11.6 Å². The minimum Gasteiger partial charge on any atom is -0.293 e. The summed E-state index contributed by atoms with van der Waals surface area (Å²) >= 11 is 11.9. The minimum atomic E-state index is -0.530. The largest absolute Gasteiger partial charge is 0.293 e. The molecule has 0 aliphatic rings. The molecule has 0 saturated heterocycles. The average molecular weight is 445 g/mol. The Hall–Kier alpha value is -3.16. The van der Waals surface area contributed by atoms with Crippen LogP contribution in [0.2, 0.25) is 5.15 Å². The number of rotatable bonds is 4. The molecule has 9 heteroatoms. The number of halogens is 4. The smallest absolute Gasteiger partial charge is 0.241 e. The fraction of sp³-hybridized carbons (Fsp3) is 0.0476. The lowest BCUT2D eigenvalue weighted by Crippen LogP contribution is -2.15. The fourth-order valence-electron chi connectivity index (χ4n) is 2.91. The van der Waals surface area contributed by atoms with Crippen molar-refractivity contribution in [1.82, 2.24) is 15.0 Å². The molecule has 30 heavy (non-hydrogen) atoms. The molecule has 1 N–H and O–H groups in total. The number of alkyl halides is 1. The Morgan fingerprint density at radius 2 is 1.67 bits per heavy atom. The number of amides is 1. The second-order valence-corrected chi connectivity index (χ2v) is 6.91. The SMILES string of the molecule is O=C(CCl)Nc1nc(-c2ccccc2F)cc(-c2cc3cc(F)ccc3nc2Cl)n1. The van der Waals surface area contributed by atoms with Crippen molar-refractivity contribution < 1.29 is 13.6 Å². The molecular weight excluding hydrogens is 433 g/mol. The molecule has 2 aromatic carbocycles. The topological polar surface area (TPSA) is 67.8 Å². The summed E-state index contributed by atoms with van der Waals surface area (Å²) in [6, 6.07) is 13.3. The summed E-state index contributed by atoms with van der Waals surface area (Å²) < 4.78 is 28.0. The number of fused-ring (bicyclic) bond motifs is 1. The highest BCUT2D eigenvalue weighted by Crippen LogP contribution is 2.32. The average Bonchev–Trinajstić information content (AvgIpc) is 2.73. The molecule has 4 rings (SSSR count). The summed E-state index contributed by atoms with van der Waals surface area (Å²) in [5, 5.41) is 3.08. The van der Waals surface area contributed by atoms with Crippen LogP contribution in [-0.2, 0) is 4.79 Å². The van der Waals surface area contributed by atoms with E-state index in [1.807, 2.05) is 0 Å². The molecule has 1 amide bonds. The Morgan fingerprint density at radius 3 is 2.40 bits per heavy atom. The van der Waals surface area contributed by atoms with Gasteiger partial charge in [-0.3, -0.25) is 10.1 Å². The zero-order valence-corrected chi connectivity index (χ0v) is 16.7. The van der Waals surface area contributed by atoms with Crippen LogP contribution >= 0.6 is 23.2 Å². The van der Waals surface area contributed by atoms with Crippen molar-refractivity contribution in [3.05, 3.63) is 71.4 Å². The van der Waals surface area contributed by atoms with Gasteiger partial charge in [0.2, 0.25) is 11.9 Å². The van der Waals surface area contributed by atoms with Gasteiger partial charge in [0, 0.05) is 16.5 Å². The molecule has 2 aromatic heterocycles. The van der Waals surface area contributed by atoms with Gasteiger partial charge in [-0.05, 0) is 42.5 Å². The molecule has 0 fully saturated rings. The summed E-state index contributed by atoms with van der Waals surface area (Å²) in [4.78, 5) is 24.5. The van der Waals surface area contributed by atoms with Crippen LogP contribution in [0.1, 0.15) is 0 Å². The van der Waals surface area contributed by atoms with Crippen LogP contribution in [0.5, 0.6) is 0 Å². The first-order valence-electron chi connectivity index (χ1n) is 8.70. The van der Waals surface area contributed by atoms with E-state index < -0.39 is 17.5 Å².